The lowest BCUT2D eigenvalue weighted by Crippen LogP contribution is -2.19. The van der Waals surface area contributed by atoms with Gasteiger partial charge in [-0.05, 0) is 37.0 Å². The Morgan fingerprint density at radius 1 is 1.50 bits per heavy atom. The van der Waals surface area contributed by atoms with Gasteiger partial charge in [-0.25, -0.2) is 0 Å². The summed E-state index contributed by atoms with van der Waals surface area (Å²) in [6.07, 6.45) is 3.13. The summed E-state index contributed by atoms with van der Waals surface area (Å²) in [6.45, 7) is 2.57. The standard InChI is InChI=1S/C13H17NO2/c1-2-16-13-4-3-9-7-10(14)8-12(9)11(13)5-6-15/h3-4,6,10H,2,5,7-8,14H2,1H3. The molecule has 0 saturated carbocycles. The van der Waals surface area contributed by atoms with Crippen molar-refractivity contribution >= 4 is 6.29 Å². The van der Waals surface area contributed by atoms with E-state index in [1.807, 2.05) is 13.0 Å². The average molecular weight is 219 g/mol. The van der Waals surface area contributed by atoms with E-state index in [1.54, 1.807) is 0 Å². The largest absolute Gasteiger partial charge is 0.494 e. The van der Waals surface area contributed by atoms with E-state index in [-0.39, 0.29) is 6.04 Å². The summed E-state index contributed by atoms with van der Waals surface area (Å²) in [7, 11) is 0. The van der Waals surface area contributed by atoms with Crippen molar-refractivity contribution in [2.45, 2.75) is 32.2 Å². The van der Waals surface area contributed by atoms with Gasteiger partial charge in [-0.3, -0.25) is 0 Å². The molecule has 1 aliphatic carbocycles. The smallest absolute Gasteiger partial charge is 0.124 e. The van der Waals surface area contributed by atoms with Crippen LogP contribution in [-0.4, -0.2) is 18.9 Å². The second-order valence-electron chi connectivity index (χ2n) is 4.15. The second-order valence-corrected chi connectivity index (χ2v) is 4.15. The van der Waals surface area contributed by atoms with Crippen LogP contribution in [0.3, 0.4) is 0 Å². The minimum atomic E-state index is 0.192. The summed E-state index contributed by atoms with van der Waals surface area (Å²) in [4.78, 5) is 10.7. The Morgan fingerprint density at radius 2 is 2.31 bits per heavy atom. The third kappa shape index (κ3) is 1.95. The van der Waals surface area contributed by atoms with Crippen molar-refractivity contribution in [3.63, 3.8) is 0 Å². The summed E-state index contributed by atoms with van der Waals surface area (Å²) in [5.74, 6) is 0.836. The molecule has 1 atom stereocenters. The molecule has 0 saturated heterocycles. The topological polar surface area (TPSA) is 52.3 Å². The van der Waals surface area contributed by atoms with Crippen molar-refractivity contribution in [2.75, 3.05) is 6.61 Å². The highest BCUT2D eigenvalue weighted by atomic mass is 16.5. The normalized spacial score (nSPS) is 18.2. The van der Waals surface area contributed by atoms with Crippen LogP contribution in [0.2, 0.25) is 0 Å². The lowest BCUT2D eigenvalue weighted by molar-refractivity contribution is -0.107. The van der Waals surface area contributed by atoms with Crippen LogP contribution < -0.4 is 10.5 Å². The van der Waals surface area contributed by atoms with Crippen LogP contribution in [0, 0.1) is 0 Å². The molecule has 2 N–H and O–H groups in total. The lowest BCUT2D eigenvalue weighted by Gasteiger charge is -2.12. The fraction of sp³-hybridized carbons (Fsp3) is 0.462. The van der Waals surface area contributed by atoms with Crippen molar-refractivity contribution in [2.24, 2.45) is 5.73 Å². The molecule has 1 aliphatic rings. The highest BCUT2D eigenvalue weighted by molar-refractivity contribution is 5.61. The quantitative estimate of drug-likeness (QED) is 0.775. The van der Waals surface area contributed by atoms with E-state index in [4.69, 9.17) is 10.5 Å². The minimum absolute atomic E-state index is 0.192. The Labute approximate surface area is 95.6 Å². The fourth-order valence-electron chi connectivity index (χ4n) is 2.38. The molecule has 0 heterocycles. The van der Waals surface area contributed by atoms with E-state index < -0.39 is 0 Å². The second kappa shape index (κ2) is 4.66. The third-order valence-corrected chi connectivity index (χ3v) is 3.02. The Morgan fingerprint density at radius 3 is 3.00 bits per heavy atom. The molecule has 0 fully saturated rings. The van der Waals surface area contributed by atoms with Crippen LogP contribution in [-0.2, 0) is 24.1 Å². The van der Waals surface area contributed by atoms with Crippen molar-refractivity contribution in [3.05, 3.63) is 28.8 Å². The molecule has 3 heteroatoms. The molecule has 1 unspecified atom stereocenters. The number of hydrogen-bond donors (Lipinski definition) is 1. The Bertz CT molecular complexity index is 401. The van der Waals surface area contributed by atoms with Gasteiger partial charge in [-0.1, -0.05) is 6.07 Å². The Kier molecular flexibility index (Phi) is 3.25. The van der Waals surface area contributed by atoms with Crippen molar-refractivity contribution in [3.8, 4) is 5.75 Å². The minimum Gasteiger partial charge on any atom is -0.494 e. The van der Waals surface area contributed by atoms with E-state index in [0.717, 1.165) is 30.4 Å². The summed E-state index contributed by atoms with van der Waals surface area (Å²) in [5, 5.41) is 0. The molecule has 0 spiro atoms. The fourth-order valence-corrected chi connectivity index (χ4v) is 2.38. The molecule has 1 aromatic rings. The van der Waals surface area contributed by atoms with Gasteiger partial charge < -0.3 is 15.3 Å². The maximum Gasteiger partial charge on any atom is 0.124 e. The summed E-state index contributed by atoms with van der Waals surface area (Å²) in [5.41, 5.74) is 9.47. The Balaban J connectivity index is 2.42. The zero-order chi connectivity index (χ0) is 11.5. The molecule has 3 nitrogen and oxygen atoms in total. The van der Waals surface area contributed by atoms with Gasteiger partial charge in [0.15, 0.2) is 0 Å². The number of fused-ring (bicyclic) bond motifs is 1. The monoisotopic (exact) mass is 219 g/mol. The van der Waals surface area contributed by atoms with Crippen LogP contribution in [0.5, 0.6) is 5.75 Å². The SMILES string of the molecule is CCOc1ccc2c(c1CC=O)CC(N)C2. The highest BCUT2D eigenvalue weighted by Crippen LogP contribution is 2.31. The van der Waals surface area contributed by atoms with Gasteiger partial charge in [0.05, 0.1) is 6.61 Å². The number of nitrogens with two attached hydrogens (primary N) is 1. The van der Waals surface area contributed by atoms with Gasteiger partial charge in [0, 0.05) is 18.0 Å². The van der Waals surface area contributed by atoms with Gasteiger partial charge in [0.1, 0.15) is 12.0 Å². The first-order chi connectivity index (χ1) is 7.76. The number of rotatable bonds is 4. The number of carbonyl (C=O) groups excluding carboxylic acids is 1. The molecule has 0 aliphatic heterocycles. The highest BCUT2D eigenvalue weighted by Gasteiger charge is 2.23. The molecular formula is C13H17NO2. The molecular weight excluding hydrogens is 202 g/mol. The maximum absolute atomic E-state index is 10.7. The maximum atomic E-state index is 10.7. The van der Waals surface area contributed by atoms with E-state index in [0.29, 0.717) is 13.0 Å². The molecule has 0 radical (unpaired) electrons. The molecule has 16 heavy (non-hydrogen) atoms. The molecule has 0 bridgehead atoms. The molecule has 0 amide bonds. The number of hydrogen-bond acceptors (Lipinski definition) is 3. The van der Waals surface area contributed by atoms with E-state index in [1.165, 1.54) is 11.1 Å². The third-order valence-electron chi connectivity index (χ3n) is 3.02. The van der Waals surface area contributed by atoms with Crippen LogP contribution in [0.25, 0.3) is 0 Å². The van der Waals surface area contributed by atoms with Crippen LogP contribution in [0.1, 0.15) is 23.6 Å². The van der Waals surface area contributed by atoms with E-state index >= 15 is 0 Å². The zero-order valence-electron chi connectivity index (χ0n) is 9.53. The average Bonchev–Trinajstić information content (AvgIpc) is 2.63. The van der Waals surface area contributed by atoms with Crippen LogP contribution in [0.4, 0.5) is 0 Å². The first kappa shape index (κ1) is 11.1. The van der Waals surface area contributed by atoms with E-state index in [9.17, 15) is 4.79 Å². The summed E-state index contributed by atoms with van der Waals surface area (Å²) >= 11 is 0. The zero-order valence-corrected chi connectivity index (χ0v) is 9.53. The van der Waals surface area contributed by atoms with Crippen LogP contribution >= 0.6 is 0 Å². The van der Waals surface area contributed by atoms with Gasteiger partial charge in [0.2, 0.25) is 0 Å². The van der Waals surface area contributed by atoms with E-state index in [2.05, 4.69) is 6.07 Å². The number of aldehydes is 1. The number of carbonyl (C=O) groups is 1. The number of benzene rings is 1. The first-order valence-corrected chi connectivity index (χ1v) is 5.72. The van der Waals surface area contributed by atoms with Crippen molar-refractivity contribution < 1.29 is 9.53 Å². The summed E-state index contributed by atoms with van der Waals surface area (Å²) < 4.78 is 5.55. The van der Waals surface area contributed by atoms with Crippen LogP contribution in [0.15, 0.2) is 12.1 Å². The van der Waals surface area contributed by atoms with Gasteiger partial charge in [-0.2, -0.15) is 0 Å². The number of ether oxygens (including phenoxy) is 1. The van der Waals surface area contributed by atoms with Crippen molar-refractivity contribution in [1.82, 2.24) is 0 Å². The predicted octanol–water partition coefficient (Wildman–Crippen LogP) is 1.25. The van der Waals surface area contributed by atoms with Crippen molar-refractivity contribution in [1.29, 1.82) is 0 Å². The Hall–Kier alpha value is -1.35. The van der Waals surface area contributed by atoms with Gasteiger partial charge in [-0.15, -0.1) is 0 Å². The van der Waals surface area contributed by atoms with Gasteiger partial charge >= 0.3 is 0 Å². The first-order valence-electron chi connectivity index (χ1n) is 5.72. The molecule has 86 valence electrons. The summed E-state index contributed by atoms with van der Waals surface area (Å²) in [6, 6.07) is 4.22. The molecule has 1 aromatic carbocycles. The molecule has 0 aromatic heterocycles. The lowest BCUT2D eigenvalue weighted by atomic mass is 10.00. The molecule has 2 rings (SSSR count). The van der Waals surface area contributed by atoms with Gasteiger partial charge in [0.25, 0.3) is 0 Å². The predicted molar refractivity (Wildman–Crippen MR) is 62.8 cm³/mol.